The van der Waals surface area contributed by atoms with E-state index in [1.807, 2.05) is 32.3 Å². The van der Waals surface area contributed by atoms with Crippen LogP contribution >= 0.6 is 0 Å². The van der Waals surface area contributed by atoms with Gasteiger partial charge in [0.05, 0.1) is 13.0 Å². The second-order valence-corrected chi connectivity index (χ2v) is 7.17. The first-order valence-electron chi connectivity index (χ1n) is 9.35. The van der Waals surface area contributed by atoms with Gasteiger partial charge in [0.15, 0.2) is 5.96 Å². The standard InChI is InChI=1S/C20H32N4O3/c1-15-13-24(14-17(15)19(25)26-5)20(21-2)22-12-16-8-6-7-9-18(16)27-11-10-23(3)4/h6-9,15,17H,10-14H2,1-5H3,(H,21,22). The van der Waals surface area contributed by atoms with Gasteiger partial charge in [0.1, 0.15) is 12.4 Å². The summed E-state index contributed by atoms with van der Waals surface area (Å²) in [4.78, 5) is 20.5. The Morgan fingerprint density at radius 1 is 1.33 bits per heavy atom. The number of methoxy groups -OCH3 is 1. The fourth-order valence-corrected chi connectivity index (χ4v) is 3.23. The molecule has 2 rings (SSSR count). The average Bonchev–Trinajstić information content (AvgIpc) is 3.04. The molecule has 0 spiro atoms. The minimum absolute atomic E-state index is 0.116. The average molecular weight is 377 g/mol. The van der Waals surface area contributed by atoms with Crippen molar-refractivity contribution in [2.45, 2.75) is 13.5 Å². The molecular formula is C20H32N4O3. The molecule has 1 aromatic carbocycles. The van der Waals surface area contributed by atoms with Crippen LogP contribution in [0.2, 0.25) is 0 Å². The molecule has 1 aromatic rings. The molecule has 150 valence electrons. The molecule has 7 nitrogen and oxygen atoms in total. The minimum atomic E-state index is -0.153. The Morgan fingerprint density at radius 3 is 2.74 bits per heavy atom. The van der Waals surface area contributed by atoms with E-state index in [1.54, 1.807) is 7.05 Å². The van der Waals surface area contributed by atoms with E-state index in [-0.39, 0.29) is 17.8 Å². The zero-order valence-electron chi connectivity index (χ0n) is 17.1. The first kappa shape index (κ1) is 21.0. The van der Waals surface area contributed by atoms with Gasteiger partial charge in [-0.1, -0.05) is 25.1 Å². The van der Waals surface area contributed by atoms with Gasteiger partial charge in [-0.3, -0.25) is 9.79 Å². The van der Waals surface area contributed by atoms with Crippen LogP contribution in [0.4, 0.5) is 0 Å². The molecule has 2 atom stereocenters. The van der Waals surface area contributed by atoms with Crippen molar-refractivity contribution in [3.63, 3.8) is 0 Å². The molecule has 1 aliphatic rings. The van der Waals surface area contributed by atoms with E-state index in [2.05, 4.69) is 33.1 Å². The number of hydrogen-bond donors (Lipinski definition) is 1. The molecule has 7 heteroatoms. The molecule has 27 heavy (non-hydrogen) atoms. The second kappa shape index (κ2) is 10.2. The lowest BCUT2D eigenvalue weighted by molar-refractivity contribution is -0.145. The zero-order chi connectivity index (χ0) is 19.8. The maximum atomic E-state index is 11.9. The molecule has 1 heterocycles. The van der Waals surface area contributed by atoms with Crippen LogP contribution in [0.5, 0.6) is 5.75 Å². The lowest BCUT2D eigenvalue weighted by atomic mass is 9.99. The number of aliphatic imine (C=N–C) groups is 1. The number of nitrogens with one attached hydrogen (secondary N) is 1. The summed E-state index contributed by atoms with van der Waals surface area (Å²) in [7, 11) is 7.26. The number of likely N-dealkylation sites (tertiary alicyclic amines) is 1. The lowest BCUT2D eigenvalue weighted by Crippen LogP contribution is -2.40. The number of carbonyl (C=O) groups excluding carboxylic acids is 1. The fraction of sp³-hybridized carbons (Fsp3) is 0.600. The maximum absolute atomic E-state index is 11.9. The molecule has 0 saturated carbocycles. The van der Waals surface area contributed by atoms with Crippen LogP contribution in [-0.4, -0.2) is 76.2 Å². The van der Waals surface area contributed by atoms with Gasteiger partial charge in [-0.05, 0) is 26.1 Å². The van der Waals surface area contributed by atoms with Crippen molar-refractivity contribution in [1.82, 2.24) is 15.1 Å². The number of ether oxygens (including phenoxy) is 2. The van der Waals surface area contributed by atoms with Crippen LogP contribution in [0.1, 0.15) is 12.5 Å². The van der Waals surface area contributed by atoms with Gasteiger partial charge in [-0.15, -0.1) is 0 Å². The molecule has 0 bridgehead atoms. The molecule has 2 unspecified atom stereocenters. The third kappa shape index (κ3) is 5.85. The van der Waals surface area contributed by atoms with E-state index < -0.39 is 0 Å². The summed E-state index contributed by atoms with van der Waals surface area (Å²) in [6, 6.07) is 8.02. The Kier molecular flexibility index (Phi) is 7.91. The molecular weight excluding hydrogens is 344 g/mol. The highest BCUT2D eigenvalue weighted by molar-refractivity contribution is 5.82. The van der Waals surface area contributed by atoms with Crippen molar-refractivity contribution in [1.29, 1.82) is 0 Å². The summed E-state index contributed by atoms with van der Waals surface area (Å²) in [5, 5.41) is 3.40. The molecule has 0 aliphatic carbocycles. The van der Waals surface area contributed by atoms with Gasteiger partial charge >= 0.3 is 5.97 Å². The van der Waals surface area contributed by atoms with Crippen molar-refractivity contribution in [3.05, 3.63) is 29.8 Å². The van der Waals surface area contributed by atoms with Gasteiger partial charge in [0, 0.05) is 38.8 Å². The van der Waals surface area contributed by atoms with Gasteiger partial charge in [0.2, 0.25) is 0 Å². The Bertz CT molecular complexity index is 648. The first-order valence-corrected chi connectivity index (χ1v) is 9.35. The SMILES string of the molecule is CN=C(NCc1ccccc1OCCN(C)C)N1CC(C)C(C(=O)OC)C1. The van der Waals surface area contributed by atoms with Crippen LogP contribution in [0.3, 0.4) is 0 Å². The van der Waals surface area contributed by atoms with Gasteiger partial charge < -0.3 is 24.6 Å². The number of para-hydroxylation sites is 1. The number of esters is 1. The van der Waals surface area contributed by atoms with Gasteiger partial charge in [-0.25, -0.2) is 0 Å². The van der Waals surface area contributed by atoms with Crippen molar-refractivity contribution in [2.24, 2.45) is 16.8 Å². The summed E-state index contributed by atoms with van der Waals surface area (Å²) in [5.74, 6) is 1.63. The number of guanidine groups is 1. The smallest absolute Gasteiger partial charge is 0.310 e. The van der Waals surface area contributed by atoms with Crippen LogP contribution in [-0.2, 0) is 16.1 Å². The minimum Gasteiger partial charge on any atom is -0.492 e. The van der Waals surface area contributed by atoms with Crippen molar-refractivity contribution in [3.8, 4) is 5.75 Å². The molecule has 0 radical (unpaired) electrons. The Labute approximate surface area is 162 Å². The summed E-state index contributed by atoms with van der Waals surface area (Å²) in [6.07, 6.45) is 0. The fourth-order valence-electron chi connectivity index (χ4n) is 3.23. The molecule has 1 aliphatic heterocycles. The van der Waals surface area contributed by atoms with Crippen LogP contribution in [0.15, 0.2) is 29.3 Å². The van der Waals surface area contributed by atoms with Crippen molar-refractivity contribution < 1.29 is 14.3 Å². The van der Waals surface area contributed by atoms with Crippen molar-refractivity contribution >= 4 is 11.9 Å². The maximum Gasteiger partial charge on any atom is 0.310 e. The molecule has 1 fully saturated rings. The van der Waals surface area contributed by atoms with E-state index in [4.69, 9.17) is 9.47 Å². The normalized spacial score (nSPS) is 20.1. The second-order valence-electron chi connectivity index (χ2n) is 7.17. The summed E-state index contributed by atoms with van der Waals surface area (Å²) in [5.41, 5.74) is 1.08. The number of hydrogen-bond acceptors (Lipinski definition) is 5. The highest BCUT2D eigenvalue weighted by Crippen LogP contribution is 2.24. The lowest BCUT2D eigenvalue weighted by Gasteiger charge is -2.22. The Morgan fingerprint density at radius 2 is 2.07 bits per heavy atom. The number of carbonyl (C=O) groups is 1. The topological polar surface area (TPSA) is 66.4 Å². The Balaban J connectivity index is 1.96. The quantitative estimate of drug-likeness (QED) is 0.441. The monoisotopic (exact) mass is 376 g/mol. The van der Waals surface area contributed by atoms with Crippen LogP contribution in [0.25, 0.3) is 0 Å². The summed E-state index contributed by atoms with van der Waals surface area (Å²) in [6.45, 7) is 5.59. The highest BCUT2D eigenvalue weighted by Gasteiger charge is 2.36. The largest absolute Gasteiger partial charge is 0.492 e. The molecule has 1 N–H and O–H groups in total. The third-order valence-electron chi connectivity index (χ3n) is 4.83. The number of likely N-dealkylation sites (N-methyl/N-ethyl adjacent to an activating group) is 1. The van der Waals surface area contributed by atoms with Gasteiger partial charge in [-0.2, -0.15) is 0 Å². The number of rotatable bonds is 7. The Hall–Kier alpha value is -2.28. The summed E-state index contributed by atoms with van der Waals surface area (Å²) >= 11 is 0. The van der Waals surface area contributed by atoms with Crippen molar-refractivity contribution in [2.75, 3.05) is 54.5 Å². The van der Waals surface area contributed by atoms with Crippen LogP contribution in [0, 0.1) is 11.8 Å². The van der Waals surface area contributed by atoms with E-state index >= 15 is 0 Å². The predicted molar refractivity (Wildman–Crippen MR) is 107 cm³/mol. The highest BCUT2D eigenvalue weighted by atomic mass is 16.5. The van der Waals surface area contributed by atoms with E-state index in [9.17, 15) is 4.79 Å². The van der Waals surface area contributed by atoms with E-state index in [1.165, 1.54) is 7.11 Å². The van der Waals surface area contributed by atoms with E-state index in [0.29, 0.717) is 19.7 Å². The third-order valence-corrected chi connectivity index (χ3v) is 4.83. The zero-order valence-corrected chi connectivity index (χ0v) is 17.1. The van der Waals surface area contributed by atoms with Crippen LogP contribution < -0.4 is 10.1 Å². The predicted octanol–water partition coefficient (Wildman–Crippen LogP) is 1.44. The molecule has 0 aromatic heterocycles. The number of nitrogens with zero attached hydrogens (tertiary/aromatic N) is 3. The first-order chi connectivity index (χ1) is 13.0. The van der Waals surface area contributed by atoms with E-state index in [0.717, 1.165) is 30.4 Å². The molecule has 0 amide bonds. The molecule has 1 saturated heterocycles. The number of benzene rings is 1. The van der Waals surface area contributed by atoms with Gasteiger partial charge in [0.25, 0.3) is 0 Å². The summed E-state index contributed by atoms with van der Waals surface area (Å²) < 4.78 is 10.8.